The Bertz CT molecular complexity index is 892. The second-order valence-corrected chi connectivity index (χ2v) is 8.87. The number of carbonyl (C=O) groups excluding carboxylic acids is 1. The molecule has 1 atom stereocenters. The number of amides is 1. The largest absolute Gasteiger partial charge is 0.311 e. The smallest absolute Gasteiger partial charge is 0.241 e. The lowest BCUT2D eigenvalue weighted by atomic mass is 10.1. The average molecular weight is 389 g/mol. The van der Waals surface area contributed by atoms with Crippen LogP contribution in [0.25, 0.3) is 0 Å². The van der Waals surface area contributed by atoms with E-state index in [1.54, 1.807) is 29.2 Å². The van der Waals surface area contributed by atoms with Gasteiger partial charge in [-0.25, -0.2) is 8.42 Å². The third-order valence-corrected chi connectivity index (χ3v) is 5.99. The van der Waals surface area contributed by atoms with Crippen molar-refractivity contribution in [2.75, 3.05) is 31.3 Å². The lowest BCUT2D eigenvalue weighted by molar-refractivity contribution is -0.119. The van der Waals surface area contributed by atoms with Crippen molar-refractivity contribution in [3.63, 3.8) is 0 Å². The summed E-state index contributed by atoms with van der Waals surface area (Å²) in [7, 11) is -1.31. The first-order valence-electron chi connectivity index (χ1n) is 9.01. The fourth-order valence-electron chi connectivity index (χ4n) is 3.03. The molecule has 0 fully saturated rings. The van der Waals surface area contributed by atoms with Gasteiger partial charge in [-0.1, -0.05) is 30.3 Å². The molecule has 1 unspecified atom stereocenters. The number of para-hydroxylation sites is 1. The Morgan fingerprint density at radius 2 is 1.67 bits per heavy atom. The van der Waals surface area contributed by atoms with E-state index in [1.165, 1.54) is 6.26 Å². The number of carbonyl (C=O) groups is 1. The molecule has 0 aliphatic heterocycles. The molecule has 0 heterocycles. The molecule has 0 N–H and O–H groups in total. The number of benzene rings is 2. The summed E-state index contributed by atoms with van der Waals surface area (Å²) in [6, 6.07) is 14.7. The van der Waals surface area contributed by atoms with Crippen LogP contribution in [-0.4, -0.2) is 45.6 Å². The first-order chi connectivity index (χ1) is 12.6. The van der Waals surface area contributed by atoms with Gasteiger partial charge in [0.1, 0.15) is 0 Å². The Balaban J connectivity index is 2.12. The molecular weight excluding hydrogens is 360 g/mol. The fraction of sp³-hybridized carbons (Fsp3) is 0.381. The number of nitrogens with zero attached hydrogens (tertiary/aromatic N) is 2. The Morgan fingerprint density at radius 1 is 1.07 bits per heavy atom. The van der Waals surface area contributed by atoms with Crippen LogP contribution in [0, 0.1) is 6.92 Å². The molecule has 2 aromatic rings. The van der Waals surface area contributed by atoms with E-state index in [-0.39, 0.29) is 18.5 Å². The van der Waals surface area contributed by atoms with Crippen molar-refractivity contribution in [3.05, 3.63) is 59.7 Å². The summed E-state index contributed by atoms with van der Waals surface area (Å²) in [4.78, 5) is 16.9. The molecule has 0 bridgehead atoms. The normalized spacial score (nSPS) is 12.8. The Hall–Kier alpha value is -2.18. The third-order valence-electron chi connectivity index (χ3n) is 4.86. The molecule has 0 saturated heterocycles. The molecule has 0 aliphatic carbocycles. The first kappa shape index (κ1) is 21.1. The van der Waals surface area contributed by atoms with Crippen LogP contribution in [0.15, 0.2) is 53.4 Å². The minimum Gasteiger partial charge on any atom is -0.311 e. The maximum absolute atomic E-state index is 12.9. The van der Waals surface area contributed by atoms with Crippen LogP contribution >= 0.6 is 0 Å². The maximum atomic E-state index is 12.9. The Morgan fingerprint density at radius 3 is 2.19 bits per heavy atom. The van der Waals surface area contributed by atoms with E-state index < -0.39 is 9.84 Å². The van der Waals surface area contributed by atoms with Crippen LogP contribution in [0.5, 0.6) is 0 Å². The van der Waals surface area contributed by atoms with Gasteiger partial charge in [0.05, 0.1) is 11.4 Å². The number of aryl methyl sites for hydroxylation is 1. The second kappa shape index (κ2) is 8.67. The number of hydrogen-bond acceptors (Lipinski definition) is 4. The maximum Gasteiger partial charge on any atom is 0.241 e. The Labute approximate surface area is 162 Å². The van der Waals surface area contributed by atoms with Gasteiger partial charge in [-0.05, 0) is 57.1 Å². The summed E-state index contributed by atoms with van der Waals surface area (Å²) < 4.78 is 23.2. The minimum atomic E-state index is -3.21. The zero-order valence-corrected chi connectivity index (χ0v) is 17.5. The zero-order chi connectivity index (χ0) is 20.2. The highest BCUT2D eigenvalue weighted by Crippen LogP contribution is 2.23. The van der Waals surface area contributed by atoms with Gasteiger partial charge in [0.2, 0.25) is 5.91 Å². The molecule has 5 nitrogen and oxygen atoms in total. The predicted molar refractivity (Wildman–Crippen MR) is 110 cm³/mol. The zero-order valence-electron chi connectivity index (χ0n) is 16.6. The van der Waals surface area contributed by atoms with Gasteiger partial charge >= 0.3 is 0 Å². The summed E-state index contributed by atoms with van der Waals surface area (Å²) in [5.41, 5.74) is 2.97. The van der Waals surface area contributed by atoms with Gasteiger partial charge in [-0.2, -0.15) is 0 Å². The molecule has 2 rings (SSSR count). The number of likely N-dealkylation sites (N-methyl/N-ethyl adjacent to an activating group) is 2. The van der Waals surface area contributed by atoms with Crippen molar-refractivity contribution in [2.45, 2.75) is 31.7 Å². The number of anilines is 1. The summed E-state index contributed by atoms with van der Waals surface area (Å²) in [6.07, 6.45) is 1.20. The monoisotopic (exact) mass is 388 g/mol. The van der Waals surface area contributed by atoms with Crippen molar-refractivity contribution in [3.8, 4) is 0 Å². The summed E-state index contributed by atoms with van der Waals surface area (Å²) in [5, 5.41) is 0. The lowest BCUT2D eigenvalue weighted by Gasteiger charge is -2.29. The van der Waals surface area contributed by atoms with Gasteiger partial charge in [-0.3, -0.25) is 9.69 Å². The third kappa shape index (κ3) is 5.17. The quantitative estimate of drug-likeness (QED) is 0.729. The average Bonchev–Trinajstić information content (AvgIpc) is 2.62. The molecular formula is C21H28N2O3S. The van der Waals surface area contributed by atoms with E-state index in [9.17, 15) is 13.2 Å². The molecule has 2 aromatic carbocycles. The van der Waals surface area contributed by atoms with E-state index in [2.05, 4.69) is 0 Å². The molecule has 6 heteroatoms. The SMILES string of the molecule is CCN(C(=O)CN(C)C(C)c1ccc(S(C)(=O)=O)cc1)c1ccccc1C. The highest BCUT2D eigenvalue weighted by Gasteiger charge is 2.21. The Kier molecular flexibility index (Phi) is 6.78. The number of hydrogen-bond donors (Lipinski definition) is 0. The van der Waals surface area contributed by atoms with E-state index >= 15 is 0 Å². The molecule has 0 aromatic heterocycles. The van der Waals surface area contributed by atoms with E-state index in [0.717, 1.165) is 16.8 Å². The minimum absolute atomic E-state index is 0.0156. The highest BCUT2D eigenvalue weighted by atomic mass is 32.2. The van der Waals surface area contributed by atoms with Gasteiger partial charge in [0.15, 0.2) is 9.84 Å². The van der Waals surface area contributed by atoms with Crippen molar-refractivity contribution < 1.29 is 13.2 Å². The lowest BCUT2D eigenvalue weighted by Crippen LogP contribution is -2.40. The second-order valence-electron chi connectivity index (χ2n) is 6.86. The fourth-order valence-corrected chi connectivity index (χ4v) is 3.66. The summed E-state index contributed by atoms with van der Waals surface area (Å²) >= 11 is 0. The molecule has 0 aliphatic rings. The standard InChI is InChI=1S/C21H28N2O3S/c1-6-23(20-10-8-7-9-16(20)2)21(24)15-22(4)17(3)18-11-13-19(14-12-18)27(5,25)26/h7-14,17H,6,15H2,1-5H3. The van der Waals surface area contributed by atoms with Crippen molar-refractivity contribution in [2.24, 2.45) is 0 Å². The molecule has 0 radical (unpaired) electrons. The van der Waals surface area contributed by atoms with Crippen LogP contribution in [0.4, 0.5) is 5.69 Å². The van der Waals surface area contributed by atoms with E-state index in [0.29, 0.717) is 11.4 Å². The van der Waals surface area contributed by atoms with Gasteiger partial charge in [-0.15, -0.1) is 0 Å². The topological polar surface area (TPSA) is 57.7 Å². The molecule has 27 heavy (non-hydrogen) atoms. The summed E-state index contributed by atoms with van der Waals surface area (Å²) in [5.74, 6) is 0.0360. The van der Waals surface area contributed by atoms with Crippen LogP contribution in [0.3, 0.4) is 0 Å². The van der Waals surface area contributed by atoms with Crippen LogP contribution in [-0.2, 0) is 14.6 Å². The molecule has 0 spiro atoms. The van der Waals surface area contributed by atoms with Gasteiger partial charge < -0.3 is 4.90 Å². The van der Waals surface area contributed by atoms with Crippen molar-refractivity contribution in [1.82, 2.24) is 4.90 Å². The molecule has 146 valence electrons. The van der Waals surface area contributed by atoms with Gasteiger partial charge in [0, 0.05) is 24.5 Å². The predicted octanol–water partition coefficient (Wildman–Crippen LogP) is 3.44. The summed E-state index contributed by atoms with van der Waals surface area (Å²) in [6.45, 7) is 6.86. The van der Waals surface area contributed by atoms with Crippen LogP contribution < -0.4 is 4.90 Å². The molecule has 0 saturated carbocycles. The van der Waals surface area contributed by atoms with Crippen molar-refractivity contribution >= 4 is 21.4 Å². The van der Waals surface area contributed by atoms with Crippen LogP contribution in [0.2, 0.25) is 0 Å². The highest BCUT2D eigenvalue weighted by molar-refractivity contribution is 7.90. The van der Waals surface area contributed by atoms with Crippen LogP contribution in [0.1, 0.15) is 31.0 Å². The number of sulfone groups is 1. The number of rotatable bonds is 7. The van der Waals surface area contributed by atoms with Gasteiger partial charge in [0.25, 0.3) is 0 Å². The molecule has 1 amide bonds. The van der Waals surface area contributed by atoms with Crippen molar-refractivity contribution in [1.29, 1.82) is 0 Å². The van der Waals surface area contributed by atoms with E-state index in [4.69, 9.17) is 0 Å². The first-order valence-corrected chi connectivity index (χ1v) is 10.9. The van der Waals surface area contributed by atoms with E-state index in [1.807, 2.05) is 57.0 Å².